The molecule has 4 nitrogen and oxygen atoms in total. The fraction of sp³-hybridized carbons (Fsp3) is 0.500. The Bertz CT molecular complexity index is 533. The SMILES string of the molecule is CN(CC1CNCCO1)c1ccc(C(F)(F)F)c(C#N)c1. The maximum atomic E-state index is 12.7. The summed E-state index contributed by atoms with van der Waals surface area (Å²) in [5.74, 6) is 0. The smallest absolute Gasteiger partial charge is 0.374 e. The Morgan fingerprint density at radius 2 is 2.24 bits per heavy atom. The van der Waals surface area contributed by atoms with Crippen LogP contribution < -0.4 is 10.2 Å². The molecule has 0 spiro atoms. The van der Waals surface area contributed by atoms with E-state index < -0.39 is 11.7 Å². The Kier molecular flexibility index (Phi) is 4.70. The van der Waals surface area contributed by atoms with E-state index in [1.54, 1.807) is 18.0 Å². The highest BCUT2D eigenvalue weighted by atomic mass is 19.4. The van der Waals surface area contributed by atoms with Gasteiger partial charge in [0.15, 0.2) is 0 Å². The number of nitrogens with zero attached hydrogens (tertiary/aromatic N) is 2. The fourth-order valence-electron chi connectivity index (χ4n) is 2.26. The molecule has 1 heterocycles. The third-order valence-electron chi connectivity index (χ3n) is 3.35. The lowest BCUT2D eigenvalue weighted by Crippen LogP contribution is -2.44. The van der Waals surface area contributed by atoms with Gasteiger partial charge in [0, 0.05) is 32.4 Å². The number of nitriles is 1. The van der Waals surface area contributed by atoms with Crippen molar-refractivity contribution in [3.8, 4) is 6.07 Å². The number of hydrogen-bond donors (Lipinski definition) is 1. The number of ether oxygens (including phenoxy) is 1. The topological polar surface area (TPSA) is 48.3 Å². The third kappa shape index (κ3) is 3.86. The van der Waals surface area contributed by atoms with Gasteiger partial charge in [-0.1, -0.05) is 0 Å². The van der Waals surface area contributed by atoms with E-state index in [-0.39, 0.29) is 11.7 Å². The van der Waals surface area contributed by atoms with Crippen LogP contribution in [0.5, 0.6) is 0 Å². The zero-order valence-corrected chi connectivity index (χ0v) is 11.6. The van der Waals surface area contributed by atoms with Crippen LogP contribution in [0.4, 0.5) is 18.9 Å². The van der Waals surface area contributed by atoms with Crippen LogP contribution >= 0.6 is 0 Å². The van der Waals surface area contributed by atoms with Gasteiger partial charge in [-0.05, 0) is 18.2 Å². The Hall–Kier alpha value is -1.78. The monoisotopic (exact) mass is 299 g/mol. The van der Waals surface area contributed by atoms with Crippen molar-refractivity contribution < 1.29 is 17.9 Å². The van der Waals surface area contributed by atoms with Crippen LogP contribution in [0.1, 0.15) is 11.1 Å². The van der Waals surface area contributed by atoms with Crippen molar-refractivity contribution in [2.24, 2.45) is 0 Å². The lowest BCUT2D eigenvalue weighted by Gasteiger charge is -2.29. The first-order valence-electron chi connectivity index (χ1n) is 6.56. The molecular formula is C14H16F3N3O. The molecule has 0 radical (unpaired) electrons. The number of halogens is 3. The molecule has 0 bridgehead atoms. The average molecular weight is 299 g/mol. The van der Waals surface area contributed by atoms with Gasteiger partial charge in [0.1, 0.15) is 0 Å². The van der Waals surface area contributed by atoms with Gasteiger partial charge in [-0.15, -0.1) is 0 Å². The molecule has 0 aromatic heterocycles. The van der Waals surface area contributed by atoms with Crippen LogP contribution in [0.2, 0.25) is 0 Å². The highest BCUT2D eigenvalue weighted by molar-refractivity contribution is 5.55. The molecule has 21 heavy (non-hydrogen) atoms. The maximum Gasteiger partial charge on any atom is 0.417 e. The molecule has 114 valence electrons. The van der Waals surface area contributed by atoms with E-state index >= 15 is 0 Å². The minimum absolute atomic E-state index is 0.0171. The van der Waals surface area contributed by atoms with E-state index in [0.29, 0.717) is 25.4 Å². The summed E-state index contributed by atoms with van der Waals surface area (Å²) >= 11 is 0. The quantitative estimate of drug-likeness (QED) is 0.927. The van der Waals surface area contributed by atoms with E-state index in [1.807, 2.05) is 0 Å². The van der Waals surface area contributed by atoms with Crippen molar-refractivity contribution in [3.05, 3.63) is 29.3 Å². The van der Waals surface area contributed by atoms with E-state index in [2.05, 4.69) is 5.32 Å². The molecule has 1 aromatic carbocycles. The summed E-state index contributed by atoms with van der Waals surface area (Å²) in [5, 5.41) is 12.1. The Labute approximate surface area is 121 Å². The standard InChI is InChI=1S/C14H16F3N3O/c1-20(9-12-8-19-4-5-21-12)11-2-3-13(14(15,16)17)10(6-11)7-18/h2-3,6,12,19H,4-5,8-9H2,1H3. The summed E-state index contributed by atoms with van der Waals surface area (Å²) in [4.78, 5) is 1.79. The van der Waals surface area contributed by atoms with E-state index in [4.69, 9.17) is 10.00 Å². The summed E-state index contributed by atoms with van der Waals surface area (Å²) in [6.45, 7) is 2.67. The van der Waals surface area contributed by atoms with E-state index in [1.165, 1.54) is 12.1 Å². The van der Waals surface area contributed by atoms with Gasteiger partial charge in [-0.2, -0.15) is 18.4 Å². The molecule has 1 unspecified atom stereocenters. The second-order valence-corrected chi connectivity index (χ2v) is 4.92. The van der Waals surface area contributed by atoms with Gasteiger partial charge in [0.2, 0.25) is 0 Å². The highest BCUT2D eigenvalue weighted by Gasteiger charge is 2.33. The van der Waals surface area contributed by atoms with Crippen LogP contribution in [0.3, 0.4) is 0 Å². The van der Waals surface area contributed by atoms with Gasteiger partial charge >= 0.3 is 6.18 Å². The first kappa shape index (κ1) is 15.6. The molecular weight excluding hydrogens is 283 g/mol. The van der Waals surface area contributed by atoms with Gasteiger partial charge in [-0.3, -0.25) is 0 Å². The maximum absolute atomic E-state index is 12.7. The first-order valence-corrected chi connectivity index (χ1v) is 6.56. The number of likely N-dealkylation sites (N-methyl/N-ethyl adjacent to an activating group) is 1. The number of benzene rings is 1. The number of nitrogens with one attached hydrogen (secondary N) is 1. The van der Waals surface area contributed by atoms with Crippen LogP contribution in [-0.4, -0.2) is 39.4 Å². The molecule has 2 rings (SSSR count). The molecule has 1 aromatic rings. The fourth-order valence-corrected chi connectivity index (χ4v) is 2.26. The summed E-state index contributed by atoms with van der Waals surface area (Å²) in [7, 11) is 1.77. The summed E-state index contributed by atoms with van der Waals surface area (Å²) in [6.07, 6.45) is -4.53. The molecule has 7 heteroatoms. The number of morpholine rings is 1. The zero-order chi connectivity index (χ0) is 15.5. The number of alkyl halides is 3. The van der Waals surface area contributed by atoms with E-state index in [0.717, 1.165) is 12.6 Å². The number of rotatable bonds is 3. The van der Waals surface area contributed by atoms with Gasteiger partial charge in [0.05, 0.1) is 29.9 Å². The molecule has 1 fully saturated rings. The lowest BCUT2D eigenvalue weighted by molar-refractivity contribution is -0.137. The van der Waals surface area contributed by atoms with Crippen molar-refractivity contribution in [3.63, 3.8) is 0 Å². The second-order valence-electron chi connectivity index (χ2n) is 4.92. The minimum atomic E-state index is -4.52. The van der Waals surface area contributed by atoms with E-state index in [9.17, 15) is 13.2 Å². The van der Waals surface area contributed by atoms with Crippen molar-refractivity contribution >= 4 is 5.69 Å². The molecule has 1 aliphatic rings. The molecule has 1 N–H and O–H groups in total. The van der Waals surface area contributed by atoms with Crippen molar-refractivity contribution in [1.29, 1.82) is 5.26 Å². The summed E-state index contributed by atoms with van der Waals surface area (Å²) < 4.78 is 43.8. The number of hydrogen-bond acceptors (Lipinski definition) is 4. The zero-order valence-electron chi connectivity index (χ0n) is 11.6. The normalized spacial score (nSPS) is 19.1. The Morgan fingerprint density at radius 1 is 1.48 bits per heavy atom. The van der Waals surface area contributed by atoms with Crippen LogP contribution in [0.25, 0.3) is 0 Å². The van der Waals surface area contributed by atoms with Crippen LogP contribution in [-0.2, 0) is 10.9 Å². The number of anilines is 1. The molecule has 0 aliphatic carbocycles. The largest absolute Gasteiger partial charge is 0.417 e. The summed E-state index contributed by atoms with van der Waals surface area (Å²) in [5.41, 5.74) is -0.707. The van der Waals surface area contributed by atoms with Crippen LogP contribution in [0, 0.1) is 11.3 Å². The third-order valence-corrected chi connectivity index (χ3v) is 3.35. The van der Waals surface area contributed by atoms with Crippen molar-refractivity contribution in [2.45, 2.75) is 12.3 Å². The Morgan fingerprint density at radius 3 is 2.81 bits per heavy atom. The lowest BCUT2D eigenvalue weighted by atomic mass is 10.1. The predicted octanol–water partition coefficient (Wildman–Crippen LogP) is 2.00. The molecule has 1 atom stereocenters. The molecule has 0 saturated carbocycles. The van der Waals surface area contributed by atoms with Gasteiger partial charge < -0.3 is 15.0 Å². The minimum Gasteiger partial charge on any atom is -0.374 e. The van der Waals surface area contributed by atoms with Crippen molar-refractivity contribution in [1.82, 2.24) is 5.32 Å². The van der Waals surface area contributed by atoms with Gasteiger partial charge in [-0.25, -0.2) is 0 Å². The summed E-state index contributed by atoms with van der Waals surface area (Å²) in [6, 6.07) is 5.20. The first-order chi connectivity index (χ1) is 9.91. The second kappa shape index (κ2) is 6.33. The van der Waals surface area contributed by atoms with Crippen molar-refractivity contribution in [2.75, 3.05) is 38.2 Å². The van der Waals surface area contributed by atoms with Crippen LogP contribution in [0.15, 0.2) is 18.2 Å². The van der Waals surface area contributed by atoms with Gasteiger partial charge in [0.25, 0.3) is 0 Å². The molecule has 0 amide bonds. The highest BCUT2D eigenvalue weighted by Crippen LogP contribution is 2.33. The Balaban J connectivity index is 2.14. The predicted molar refractivity (Wildman–Crippen MR) is 72.0 cm³/mol. The average Bonchev–Trinajstić information content (AvgIpc) is 2.46. The molecule has 1 aliphatic heterocycles. The molecule has 1 saturated heterocycles.